The monoisotopic (exact) mass is 203 g/mol. The van der Waals surface area contributed by atoms with Crippen molar-refractivity contribution in [1.29, 1.82) is 0 Å². The topological polar surface area (TPSA) is 12.0 Å². The molecule has 2 aromatic rings. The highest BCUT2D eigenvalue weighted by atomic mass is 35.5. The summed E-state index contributed by atoms with van der Waals surface area (Å²) in [5.41, 5.74) is 3.27. The maximum absolute atomic E-state index is 5.54. The Morgan fingerprint density at radius 2 is 1.50 bits per heavy atom. The van der Waals surface area contributed by atoms with E-state index in [0.717, 1.165) is 11.3 Å². The largest absolute Gasteiger partial charge is 0.298 e. The summed E-state index contributed by atoms with van der Waals surface area (Å²) < 4.78 is 0. The molecule has 0 aliphatic carbocycles. The summed E-state index contributed by atoms with van der Waals surface area (Å²) in [6, 6.07) is 18.2. The van der Waals surface area contributed by atoms with E-state index in [1.54, 1.807) is 0 Å². The predicted molar refractivity (Wildman–Crippen MR) is 61.4 cm³/mol. The number of anilines is 1. The molecule has 1 nitrogen and oxygen atoms in total. The number of hydrogen-bond acceptors (Lipinski definition) is 1. The first kappa shape index (κ1) is 9.10. The van der Waals surface area contributed by atoms with Gasteiger partial charge in [0.25, 0.3) is 0 Å². The third-order valence-electron chi connectivity index (χ3n) is 2.08. The number of benzene rings is 2. The summed E-state index contributed by atoms with van der Waals surface area (Å²) in [6.45, 7) is 0. The van der Waals surface area contributed by atoms with Crippen LogP contribution in [0.25, 0.3) is 11.1 Å². The molecule has 0 aromatic heterocycles. The zero-order chi connectivity index (χ0) is 9.80. The van der Waals surface area contributed by atoms with Crippen molar-refractivity contribution in [2.24, 2.45) is 0 Å². The normalized spacial score (nSPS) is 9.79. The van der Waals surface area contributed by atoms with Gasteiger partial charge in [-0.15, -0.1) is 0 Å². The summed E-state index contributed by atoms with van der Waals surface area (Å²) in [5.74, 6) is 0. The van der Waals surface area contributed by atoms with Crippen LogP contribution >= 0.6 is 11.8 Å². The Labute approximate surface area is 88.5 Å². The first-order valence-corrected chi connectivity index (χ1v) is 4.80. The summed E-state index contributed by atoms with van der Waals surface area (Å²) in [5, 5.41) is 0. The summed E-state index contributed by atoms with van der Waals surface area (Å²) in [7, 11) is 0. The summed E-state index contributed by atoms with van der Waals surface area (Å²) >= 11 is 5.54. The quantitative estimate of drug-likeness (QED) is 0.730. The Hall–Kier alpha value is -1.47. The van der Waals surface area contributed by atoms with Gasteiger partial charge in [0.1, 0.15) is 0 Å². The molecular weight excluding hydrogens is 194 g/mol. The van der Waals surface area contributed by atoms with Gasteiger partial charge in [0.2, 0.25) is 0 Å². The van der Waals surface area contributed by atoms with E-state index < -0.39 is 0 Å². The highest BCUT2D eigenvalue weighted by molar-refractivity contribution is 6.24. The molecule has 0 bridgehead atoms. The van der Waals surface area contributed by atoms with Gasteiger partial charge in [0.15, 0.2) is 0 Å². The number of hydrogen-bond donors (Lipinski definition) is 1. The van der Waals surface area contributed by atoms with Gasteiger partial charge < -0.3 is 0 Å². The minimum absolute atomic E-state index is 0.910. The van der Waals surface area contributed by atoms with Gasteiger partial charge in [-0.25, -0.2) is 0 Å². The van der Waals surface area contributed by atoms with Crippen LogP contribution in [0.1, 0.15) is 0 Å². The van der Waals surface area contributed by atoms with E-state index in [9.17, 15) is 0 Å². The fourth-order valence-electron chi connectivity index (χ4n) is 1.39. The molecule has 0 radical (unpaired) electrons. The Morgan fingerprint density at radius 3 is 2.21 bits per heavy atom. The minimum atomic E-state index is 0.910. The van der Waals surface area contributed by atoms with E-state index in [1.807, 2.05) is 36.4 Å². The van der Waals surface area contributed by atoms with E-state index in [2.05, 4.69) is 23.0 Å². The van der Waals surface area contributed by atoms with Crippen molar-refractivity contribution in [1.82, 2.24) is 0 Å². The first-order valence-electron chi connectivity index (χ1n) is 4.42. The van der Waals surface area contributed by atoms with E-state index in [0.29, 0.717) is 0 Å². The van der Waals surface area contributed by atoms with Crippen LogP contribution in [0.2, 0.25) is 0 Å². The Balaban J connectivity index is 2.42. The highest BCUT2D eigenvalue weighted by Crippen LogP contribution is 2.22. The lowest BCUT2D eigenvalue weighted by molar-refractivity contribution is 1.61. The molecule has 1 N–H and O–H groups in total. The van der Waals surface area contributed by atoms with Crippen LogP contribution in [0.5, 0.6) is 0 Å². The second-order valence-corrected chi connectivity index (χ2v) is 3.23. The van der Waals surface area contributed by atoms with Crippen molar-refractivity contribution in [3.8, 4) is 11.1 Å². The minimum Gasteiger partial charge on any atom is -0.298 e. The number of halogens is 1. The predicted octanol–water partition coefficient (Wildman–Crippen LogP) is 3.92. The number of nitrogens with one attached hydrogen (secondary N) is 1. The van der Waals surface area contributed by atoms with Crippen molar-refractivity contribution in [2.75, 3.05) is 4.84 Å². The Morgan fingerprint density at radius 1 is 0.786 bits per heavy atom. The third-order valence-corrected chi connectivity index (χ3v) is 2.30. The van der Waals surface area contributed by atoms with E-state index in [4.69, 9.17) is 11.8 Å². The Kier molecular flexibility index (Phi) is 2.70. The second kappa shape index (κ2) is 4.16. The van der Waals surface area contributed by atoms with Gasteiger partial charge in [-0.05, 0) is 23.3 Å². The van der Waals surface area contributed by atoms with E-state index in [1.165, 1.54) is 5.56 Å². The summed E-state index contributed by atoms with van der Waals surface area (Å²) in [4.78, 5) is 2.61. The van der Waals surface area contributed by atoms with Crippen molar-refractivity contribution in [3.63, 3.8) is 0 Å². The third kappa shape index (κ3) is 1.88. The van der Waals surface area contributed by atoms with Gasteiger partial charge >= 0.3 is 0 Å². The molecule has 0 aliphatic rings. The molecule has 0 fully saturated rings. The van der Waals surface area contributed by atoms with Crippen molar-refractivity contribution in [3.05, 3.63) is 54.6 Å². The van der Waals surface area contributed by atoms with Gasteiger partial charge in [0.05, 0.1) is 0 Å². The van der Waals surface area contributed by atoms with E-state index in [-0.39, 0.29) is 0 Å². The molecule has 70 valence electrons. The molecule has 0 saturated heterocycles. The van der Waals surface area contributed by atoms with Crippen molar-refractivity contribution >= 4 is 17.5 Å². The lowest BCUT2D eigenvalue weighted by Crippen LogP contribution is -1.81. The second-order valence-electron chi connectivity index (χ2n) is 3.04. The average molecular weight is 204 g/mol. The van der Waals surface area contributed by atoms with Gasteiger partial charge in [0, 0.05) is 17.5 Å². The van der Waals surface area contributed by atoms with E-state index >= 15 is 0 Å². The zero-order valence-corrected chi connectivity index (χ0v) is 8.33. The molecule has 0 spiro atoms. The molecule has 14 heavy (non-hydrogen) atoms. The van der Waals surface area contributed by atoms with Crippen molar-refractivity contribution < 1.29 is 0 Å². The standard InChI is InChI=1S/C12H10ClN/c13-14-12-8-4-7-11(9-12)10-5-2-1-3-6-10/h1-9,14H. The van der Waals surface area contributed by atoms with Crippen LogP contribution in [0.3, 0.4) is 0 Å². The average Bonchev–Trinajstić information content (AvgIpc) is 2.30. The molecule has 2 rings (SSSR count). The van der Waals surface area contributed by atoms with Crippen LogP contribution in [-0.2, 0) is 0 Å². The van der Waals surface area contributed by atoms with Gasteiger partial charge in [-0.3, -0.25) is 4.84 Å². The molecule has 2 heteroatoms. The molecule has 0 aliphatic heterocycles. The lowest BCUT2D eigenvalue weighted by atomic mass is 10.1. The zero-order valence-electron chi connectivity index (χ0n) is 7.57. The van der Waals surface area contributed by atoms with Gasteiger partial charge in [-0.1, -0.05) is 42.5 Å². The fourth-order valence-corrected chi connectivity index (χ4v) is 1.51. The Bertz CT molecular complexity index is 412. The number of rotatable bonds is 2. The molecule has 2 aromatic carbocycles. The maximum Gasteiger partial charge on any atom is 0.0497 e. The molecule has 0 heterocycles. The summed E-state index contributed by atoms with van der Waals surface area (Å²) in [6.07, 6.45) is 0. The first-order chi connectivity index (χ1) is 6.90. The van der Waals surface area contributed by atoms with Crippen LogP contribution in [-0.4, -0.2) is 0 Å². The molecule has 0 amide bonds. The smallest absolute Gasteiger partial charge is 0.0497 e. The van der Waals surface area contributed by atoms with Crippen LogP contribution in [0.15, 0.2) is 54.6 Å². The van der Waals surface area contributed by atoms with Gasteiger partial charge in [-0.2, -0.15) is 0 Å². The fraction of sp³-hybridized carbons (Fsp3) is 0. The molecule has 0 atom stereocenters. The highest BCUT2D eigenvalue weighted by Gasteiger charge is 1.96. The van der Waals surface area contributed by atoms with Crippen LogP contribution in [0, 0.1) is 0 Å². The maximum atomic E-state index is 5.54. The lowest BCUT2D eigenvalue weighted by Gasteiger charge is -2.03. The van der Waals surface area contributed by atoms with Crippen molar-refractivity contribution in [2.45, 2.75) is 0 Å². The molecular formula is C12H10ClN. The molecule has 0 saturated carbocycles. The SMILES string of the molecule is ClNc1cccc(-c2ccccc2)c1. The van der Waals surface area contributed by atoms with Crippen LogP contribution < -0.4 is 4.84 Å². The molecule has 0 unspecified atom stereocenters. The van der Waals surface area contributed by atoms with Crippen LogP contribution in [0.4, 0.5) is 5.69 Å².